The van der Waals surface area contributed by atoms with Gasteiger partial charge in [-0.05, 0) is 38.5 Å². The fourth-order valence-corrected chi connectivity index (χ4v) is 5.97. The van der Waals surface area contributed by atoms with E-state index in [9.17, 15) is 28.4 Å². The molecule has 6 nitrogen and oxygen atoms in total. The van der Waals surface area contributed by atoms with Crippen molar-refractivity contribution in [2.24, 2.45) is 17.8 Å². The minimum absolute atomic E-state index is 0. The molecule has 34 heavy (non-hydrogen) atoms. The Morgan fingerprint density at radius 2 is 0.706 bits per heavy atom. The first-order valence-corrected chi connectivity index (χ1v) is 17.0. The smallest absolute Gasteiger partial charge is 0.596 e. The number of unbranched alkanes of at least 4 members (excludes halogenated alkanes) is 3. The van der Waals surface area contributed by atoms with Crippen molar-refractivity contribution >= 4 is 24.1 Å². The van der Waals surface area contributed by atoms with Gasteiger partial charge in [0.2, 0.25) is 0 Å². The zero-order valence-electron chi connectivity index (χ0n) is 22.6. The van der Waals surface area contributed by atoms with Gasteiger partial charge in [-0.3, -0.25) is 0 Å². The number of rotatable bonds is 18. The van der Waals surface area contributed by atoms with Crippen LogP contribution in [0.1, 0.15) is 119 Å². The van der Waals surface area contributed by atoms with Crippen LogP contribution in [0.5, 0.6) is 0 Å². The van der Waals surface area contributed by atoms with Crippen LogP contribution in [0, 0.1) is 58.6 Å². The molecule has 0 aliphatic carbocycles. The van der Waals surface area contributed by atoms with E-state index in [1.165, 1.54) is 0 Å². The van der Waals surface area contributed by atoms with E-state index in [0.717, 1.165) is 77.0 Å². The predicted octanol–water partition coefficient (Wildman–Crippen LogP) is 6.92. The largest absolute Gasteiger partial charge is 3.00 e. The molecule has 6 unspecified atom stereocenters. The molecule has 0 N–H and O–H groups in total. The Bertz CT molecular complexity index is 417. The molecule has 0 aromatic carbocycles. The maximum absolute atomic E-state index is 10.4. The van der Waals surface area contributed by atoms with Gasteiger partial charge >= 0.3 is 64.9 Å². The molecule has 0 spiro atoms. The standard InChI is InChI=1S/3C8H17O2P.Nd/c3*1-3-5-6-8(4-2)7-11(9)10;/h3*8H,3-7H2,1-2H3;/q;;;+3. The summed E-state index contributed by atoms with van der Waals surface area (Å²) in [6, 6.07) is 0. The van der Waals surface area contributed by atoms with E-state index in [-0.39, 0.29) is 40.8 Å². The molecule has 0 aromatic heterocycles. The van der Waals surface area contributed by atoms with E-state index < -0.39 is 24.1 Å². The molecule has 0 bridgehead atoms. The normalized spacial score (nSPS) is 14.2. The van der Waals surface area contributed by atoms with Crippen molar-refractivity contribution in [2.75, 3.05) is 18.5 Å². The Labute approximate surface area is 246 Å². The van der Waals surface area contributed by atoms with E-state index in [1.54, 1.807) is 0 Å². The fourth-order valence-electron chi connectivity index (χ4n) is 3.38. The molecule has 0 amide bonds. The van der Waals surface area contributed by atoms with Crippen molar-refractivity contribution in [3.63, 3.8) is 0 Å². The monoisotopic (exact) mass is 670 g/mol. The van der Waals surface area contributed by atoms with Crippen LogP contribution in [-0.2, 0) is 13.7 Å². The second-order valence-corrected chi connectivity index (χ2v) is 11.9. The fraction of sp³-hybridized carbons (Fsp3) is 1.00. The van der Waals surface area contributed by atoms with Crippen LogP contribution in [0.15, 0.2) is 0 Å². The molecule has 1 radical (unpaired) electrons. The van der Waals surface area contributed by atoms with Crippen molar-refractivity contribution in [2.45, 2.75) is 119 Å². The van der Waals surface area contributed by atoms with Crippen LogP contribution in [0.2, 0.25) is 0 Å². The van der Waals surface area contributed by atoms with Gasteiger partial charge in [0.05, 0.1) is 0 Å². The molecule has 10 heteroatoms. The van der Waals surface area contributed by atoms with Crippen molar-refractivity contribution in [3.05, 3.63) is 0 Å². The molecule has 6 atom stereocenters. The summed E-state index contributed by atoms with van der Waals surface area (Å²) in [5.41, 5.74) is 0. The quantitative estimate of drug-likeness (QED) is 0.146. The molecule has 0 rings (SSSR count). The Balaban J connectivity index is -0.000000196. The van der Waals surface area contributed by atoms with E-state index in [1.807, 2.05) is 0 Å². The summed E-state index contributed by atoms with van der Waals surface area (Å²) in [6.07, 6.45) is 14.2. The molecular weight excluding hydrogens is 621 g/mol. The van der Waals surface area contributed by atoms with Gasteiger partial charge in [-0.2, -0.15) is 0 Å². The van der Waals surface area contributed by atoms with Crippen LogP contribution in [0.3, 0.4) is 0 Å². The third kappa shape index (κ3) is 35.7. The molecule has 0 saturated carbocycles. The van der Waals surface area contributed by atoms with Gasteiger partial charge in [0.1, 0.15) is 18.5 Å². The first-order chi connectivity index (χ1) is 15.6. The van der Waals surface area contributed by atoms with Gasteiger partial charge in [0.15, 0.2) is 0 Å². The number of hydrogen-bond donors (Lipinski definition) is 0. The predicted molar refractivity (Wildman–Crippen MR) is 137 cm³/mol. The third-order valence-corrected chi connectivity index (χ3v) is 8.30. The Hall–Kier alpha value is 1.53. The maximum atomic E-state index is 10.4. The summed E-state index contributed by atoms with van der Waals surface area (Å²) in [5.74, 6) is 1.20. The van der Waals surface area contributed by atoms with Gasteiger partial charge in [-0.25, -0.2) is 0 Å². The summed E-state index contributed by atoms with van der Waals surface area (Å²) in [7, 11) is -6.49. The Kier molecular flexibility index (Phi) is 40.8. The van der Waals surface area contributed by atoms with Gasteiger partial charge < -0.3 is 14.7 Å². The molecule has 0 aromatic rings. The van der Waals surface area contributed by atoms with Crippen molar-refractivity contribution in [1.29, 1.82) is 0 Å². The zero-order chi connectivity index (χ0) is 26.1. The summed E-state index contributed by atoms with van der Waals surface area (Å²) < 4.78 is 31.1. The Morgan fingerprint density at radius 3 is 0.824 bits per heavy atom. The first-order valence-electron chi connectivity index (χ1n) is 13.0. The Morgan fingerprint density at radius 1 is 0.500 bits per heavy atom. The molecular formula is C24H51NdO6P3+3. The average Bonchev–Trinajstić information content (AvgIpc) is 2.77. The first kappa shape index (κ1) is 42.6. The summed E-state index contributed by atoms with van der Waals surface area (Å²) >= 11 is 0. The minimum Gasteiger partial charge on any atom is -0.596 e. The minimum atomic E-state index is -2.16. The van der Waals surface area contributed by atoms with Gasteiger partial charge in [0, 0.05) is 17.8 Å². The SMILES string of the molecule is CCCCC(CC)C[P+](=O)[O-].CCCCC(CC)C[P+](=O)[O-].CCCCC(CC)C[P+](=O)[O-].[Nd+3]. The second kappa shape index (κ2) is 32.6. The maximum Gasteiger partial charge on any atom is 3.00 e. The van der Waals surface area contributed by atoms with Crippen LogP contribution in [0.25, 0.3) is 0 Å². The van der Waals surface area contributed by atoms with Crippen molar-refractivity contribution in [1.82, 2.24) is 0 Å². The molecule has 199 valence electrons. The molecule has 0 heterocycles. The van der Waals surface area contributed by atoms with Crippen LogP contribution in [0.4, 0.5) is 0 Å². The molecule has 0 saturated heterocycles. The zero-order valence-corrected chi connectivity index (χ0v) is 28.5. The summed E-state index contributed by atoms with van der Waals surface area (Å²) in [5, 5.41) is 0. The van der Waals surface area contributed by atoms with E-state index in [2.05, 4.69) is 41.5 Å². The summed E-state index contributed by atoms with van der Waals surface area (Å²) in [6.45, 7) is 12.6. The molecule has 0 fully saturated rings. The third-order valence-electron chi connectivity index (χ3n) is 5.85. The van der Waals surface area contributed by atoms with E-state index in [4.69, 9.17) is 0 Å². The van der Waals surface area contributed by atoms with Gasteiger partial charge in [-0.15, -0.1) is 0 Å². The molecule has 0 aliphatic rings. The van der Waals surface area contributed by atoms with Crippen molar-refractivity contribution < 1.29 is 69.2 Å². The average molecular weight is 673 g/mol. The molecule has 0 aliphatic heterocycles. The topological polar surface area (TPSA) is 120 Å². The van der Waals surface area contributed by atoms with Crippen LogP contribution in [-0.4, -0.2) is 18.5 Å². The van der Waals surface area contributed by atoms with E-state index >= 15 is 0 Å². The van der Waals surface area contributed by atoms with Crippen LogP contribution >= 0.6 is 24.1 Å². The van der Waals surface area contributed by atoms with Gasteiger partial charge in [-0.1, -0.05) is 93.8 Å². The van der Waals surface area contributed by atoms with Gasteiger partial charge in [0.25, 0.3) is 0 Å². The van der Waals surface area contributed by atoms with Crippen molar-refractivity contribution in [3.8, 4) is 0 Å². The van der Waals surface area contributed by atoms with Crippen LogP contribution < -0.4 is 14.7 Å². The van der Waals surface area contributed by atoms with E-state index in [0.29, 0.717) is 36.2 Å². The number of hydrogen-bond acceptors (Lipinski definition) is 6. The second-order valence-electron chi connectivity index (χ2n) is 8.80. The summed E-state index contributed by atoms with van der Waals surface area (Å²) in [4.78, 5) is 31.1.